The lowest BCUT2D eigenvalue weighted by molar-refractivity contribution is -0.129. The molecule has 3 aromatic rings. The Morgan fingerprint density at radius 2 is 1.89 bits per heavy atom. The number of nitrogens with one attached hydrogen (secondary N) is 1. The summed E-state index contributed by atoms with van der Waals surface area (Å²) in [5.74, 6) is -0.263. The van der Waals surface area contributed by atoms with Crippen molar-refractivity contribution >= 4 is 44.2 Å². The van der Waals surface area contributed by atoms with E-state index in [0.717, 1.165) is 20.6 Å². The van der Waals surface area contributed by atoms with Gasteiger partial charge < -0.3 is 10.2 Å². The number of aromatic nitrogens is 2. The fourth-order valence-corrected chi connectivity index (χ4v) is 3.74. The second kappa shape index (κ2) is 9.57. The normalized spacial score (nSPS) is 10.5. The summed E-state index contributed by atoms with van der Waals surface area (Å²) < 4.78 is 0.952. The van der Waals surface area contributed by atoms with Gasteiger partial charge in [-0.25, -0.2) is 0 Å². The predicted octanol–water partition coefficient (Wildman–Crippen LogP) is 4.34. The van der Waals surface area contributed by atoms with E-state index in [1.54, 1.807) is 4.90 Å². The van der Waals surface area contributed by atoms with Crippen LogP contribution in [0.25, 0.3) is 10.6 Å². The molecule has 1 aromatic heterocycles. The van der Waals surface area contributed by atoms with E-state index >= 15 is 0 Å². The van der Waals surface area contributed by atoms with Crippen molar-refractivity contribution in [1.29, 1.82) is 0 Å². The maximum absolute atomic E-state index is 12.3. The Morgan fingerprint density at radius 1 is 1.11 bits per heavy atom. The van der Waals surface area contributed by atoms with Crippen LogP contribution in [-0.2, 0) is 16.1 Å². The predicted molar refractivity (Wildman–Crippen MR) is 114 cm³/mol. The molecule has 0 spiro atoms. The van der Waals surface area contributed by atoms with Crippen molar-refractivity contribution in [1.82, 2.24) is 15.1 Å². The zero-order chi connectivity index (χ0) is 19.9. The molecule has 3 rings (SSSR count). The lowest BCUT2D eigenvalue weighted by atomic mass is 10.2. The van der Waals surface area contributed by atoms with E-state index in [2.05, 4.69) is 31.4 Å². The van der Waals surface area contributed by atoms with Crippen molar-refractivity contribution < 1.29 is 9.59 Å². The van der Waals surface area contributed by atoms with Gasteiger partial charge in [0.2, 0.25) is 16.9 Å². The number of amides is 2. The molecule has 0 aliphatic rings. The van der Waals surface area contributed by atoms with E-state index in [1.165, 1.54) is 18.3 Å². The number of hydrogen-bond donors (Lipinski definition) is 1. The number of rotatable bonds is 7. The molecule has 6 nitrogen and oxygen atoms in total. The van der Waals surface area contributed by atoms with Gasteiger partial charge in [0.25, 0.3) is 0 Å². The molecule has 2 aromatic carbocycles. The second-order valence-corrected chi connectivity index (χ2v) is 8.04. The van der Waals surface area contributed by atoms with Gasteiger partial charge in [-0.3, -0.25) is 9.59 Å². The molecular formula is C20H19BrN4O2S. The molecule has 28 heavy (non-hydrogen) atoms. The van der Waals surface area contributed by atoms with Crippen LogP contribution >= 0.6 is 27.3 Å². The third-order valence-corrected chi connectivity index (χ3v) is 5.39. The minimum atomic E-state index is -0.198. The first-order valence-electron chi connectivity index (χ1n) is 8.70. The van der Waals surface area contributed by atoms with Crippen molar-refractivity contribution in [3.05, 3.63) is 64.6 Å². The van der Waals surface area contributed by atoms with E-state index in [-0.39, 0.29) is 18.2 Å². The van der Waals surface area contributed by atoms with E-state index in [9.17, 15) is 9.59 Å². The van der Waals surface area contributed by atoms with Crippen LogP contribution in [0.15, 0.2) is 59.1 Å². The van der Waals surface area contributed by atoms with E-state index in [1.807, 2.05) is 54.6 Å². The summed E-state index contributed by atoms with van der Waals surface area (Å²) in [6.45, 7) is 2.33. The number of benzene rings is 2. The van der Waals surface area contributed by atoms with Crippen LogP contribution < -0.4 is 5.32 Å². The molecule has 8 heteroatoms. The monoisotopic (exact) mass is 458 g/mol. The van der Waals surface area contributed by atoms with Gasteiger partial charge in [0.05, 0.1) is 0 Å². The minimum absolute atomic E-state index is 0.0653. The van der Waals surface area contributed by atoms with Crippen LogP contribution in [0.5, 0.6) is 0 Å². The lowest BCUT2D eigenvalue weighted by Crippen LogP contribution is -2.31. The van der Waals surface area contributed by atoms with Crippen molar-refractivity contribution in [2.24, 2.45) is 0 Å². The first kappa shape index (κ1) is 20.2. The SMILES string of the molecule is CC(=O)N(CCC(=O)Nc1nnc(-c2cccc(Br)c2)s1)Cc1ccccc1. The second-order valence-electron chi connectivity index (χ2n) is 6.15. The highest BCUT2D eigenvalue weighted by molar-refractivity contribution is 9.10. The molecule has 0 aliphatic carbocycles. The van der Waals surface area contributed by atoms with Crippen LogP contribution in [0.3, 0.4) is 0 Å². The molecule has 0 unspecified atom stereocenters. The van der Waals surface area contributed by atoms with Crippen LogP contribution in [0.4, 0.5) is 5.13 Å². The maximum atomic E-state index is 12.3. The maximum Gasteiger partial charge on any atom is 0.227 e. The van der Waals surface area contributed by atoms with E-state index in [4.69, 9.17) is 0 Å². The van der Waals surface area contributed by atoms with Crippen LogP contribution in [0.1, 0.15) is 18.9 Å². The van der Waals surface area contributed by atoms with Gasteiger partial charge in [0.1, 0.15) is 5.01 Å². The molecular weight excluding hydrogens is 440 g/mol. The highest BCUT2D eigenvalue weighted by atomic mass is 79.9. The molecule has 0 saturated heterocycles. The van der Waals surface area contributed by atoms with E-state index in [0.29, 0.717) is 18.2 Å². The Hall–Kier alpha value is -2.58. The Bertz CT molecular complexity index is 962. The molecule has 2 amide bonds. The van der Waals surface area contributed by atoms with Crippen molar-refractivity contribution in [2.75, 3.05) is 11.9 Å². The third-order valence-electron chi connectivity index (χ3n) is 4.01. The number of nitrogens with zero attached hydrogens (tertiary/aromatic N) is 3. The lowest BCUT2D eigenvalue weighted by Gasteiger charge is -2.20. The topological polar surface area (TPSA) is 75.2 Å². The van der Waals surface area contributed by atoms with Crippen molar-refractivity contribution in [3.63, 3.8) is 0 Å². The third kappa shape index (κ3) is 5.71. The van der Waals surface area contributed by atoms with Gasteiger partial charge in [-0.15, -0.1) is 10.2 Å². The van der Waals surface area contributed by atoms with Crippen LogP contribution in [0, 0.1) is 0 Å². The molecule has 0 radical (unpaired) electrons. The minimum Gasteiger partial charge on any atom is -0.338 e. The molecule has 144 valence electrons. The fourth-order valence-electron chi connectivity index (χ4n) is 2.58. The number of halogens is 1. The summed E-state index contributed by atoms with van der Waals surface area (Å²) in [4.78, 5) is 25.8. The number of anilines is 1. The zero-order valence-electron chi connectivity index (χ0n) is 15.3. The van der Waals surface area contributed by atoms with Crippen molar-refractivity contribution in [3.8, 4) is 10.6 Å². The summed E-state index contributed by atoms with van der Waals surface area (Å²) in [5.41, 5.74) is 1.96. The summed E-state index contributed by atoms with van der Waals surface area (Å²) in [5, 5.41) is 12.1. The average molecular weight is 459 g/mol. The van der Waals surface area contributed by atoms with Crippen molar-refractivity contribution in [2.45, 2.75) is 19.9 Å². The Balaban J connectivity index is 1.55. The van der Waals surface area contributed by atoms with E-state index < -0.39 is 0 Å². The quantitative estimate of drug-likeness (QED) is 0.570. The summed E-state index contributed by atoms with van der Waals surface area (Å²) in [6, 6.07) is 17.4. The highest BCUT2D eigenvalue weighted by Gasteiger charge is 2.14. The average Bonchev–Trinajstić information content (AvgIpc) is 3.14. The number of carbonyl (C=O) groups is 2. The summed E-state index contributed by atoms with van der Waals surface area (Å²) in [7, 11) is 0. The molecule has 0 saturated carbocycles. The van der Waals surface area contributed by atoms with Gasteiger partial charge in [-0.05, 0) is 17.7 Å². The van der Waals surface area contributed by atoms with Gasteiger partial charge in [-0.1, -0.05) is 69.7 Å². The van der Waals surface area contributed by atoms with Crippen LogP contribution in [0.2, 0.25) is 0 Å². The standard InChI is InChI=1S/C20H19BrN4O2S/c1-14(26)25(13-15-6-3-2-4-7-15)11-10-18(27)22-20-24-23-19(28-20)16-8-5-9-17(21)12-16/h2-9,12H,10-11,13H2,1H3,(H,22,24,27). The van der Waals surface area contributed by atoms with Crippen LogP contribution in [-0.4, -0.2) is 33.5 Å². The molecule has 0 atom stereocenters. The number of carbonyl (C=O) groups excluding carboxylic acids is 2. The first-order valence-corrected chi connectivity index (χ1v) is 10.3. The smallest absolute Gasteiger partial charge is 0.227 e. The Morgan fingerprint density at radius 3 is 2.61 bits per heavy atom. The van der Waals surface area contributed by atoms with Gasteiger partial charge in [0, 0.05) is 36.5 Å². The molecule has 0 bridgehead atoms. The largest absolute Gasteiger partial charge is 0.338 e. The molecule has 0 fully saturated rings. The highest BCUT2D eigenvalue weighted by Crippen LogP contribution is 2.28. The Labute approximate surface area is 175 Å². The first-order chi connectivity index (χ1) is 13.5. The summed E-state index contributed by atoms with van der Waals surface area (Å²) >= 11 is 4.74. The van der Waals surface area contributed by atoms with Gasteiger partial charge in [-0.2, -0.15) is 0 Å². The van der Waals surface area contributed by atoms with Gasteiger partial charge in [0.15, 0.2) is 0 Å². The molecule has 1 N–H and O–H groups in total. The zero-order valence-corrected chi connectivity index (χ0v) is 17.7. The fraction of sp³-hybridized carbons (Fsp3) is 0.200. The molecule has 1 heterocycles. The van der Waals surface area contributed by atoms with Gasteiger partial charge >= 0.3 is 0 Å². The number of hydrogen-bond acceptors (Lipinski definition) is 5. The Kier molecular flexibility index (Phi) is 6.89. The molecule has 0 aliphatic heterocycles. The summed E-state index contributed by atoms with van der Waals surface area (Å²) in [6.07, 6.45) is 0.193.